The van der Waals surface area contributed by atoms with Crippen LogP contribution in [0.5, 0.6) is 11.5 Å². The van der Waals surface area contributed by atoms with E-state index >= 15 is 8.78 Å². The van der Waals surface area contributed by atoms with E-state index in [2.05, 4.69) is 9.97 Å². The largest absolute Gasteiger partial charge is 0.493 e. The van der Waals surface area contributed by atoms with E-state index in [1.807, 2.05) is 6.92 Å². The predicted molar refractivity (Wildman–Crippen MR) is 130 cm³/mol. The zero-order valence-corrected chi connectivity index (χ0v) is 21.3. The molecule has 0 unspecified atom stereocenters. The summed E-state index contributed by atoms with van der Waals surface area (Å²) in [6.45, 7) is 1.68. The highest BCUT2D eigenvalue weighted by Crippen LogP contribution is 2.45. The number of carboxylic acid groups (broad SMARTS) is 1. The van der Waals surface area contributed by atoms with Crippen LogP contribution in [-0.4, -0.2) is 53.6 Å². The zero-order valence-electron chi connectivity index (χ0n) is 20.5. The normalized spacial score (nSPS) is 21.8. The molecule has 0 radical (unpaired) electrons. The average molecular weight is 523 g/mol. The summed E-state index contributed by atoms with van der Waals surface area (Å²) in [5, 5.41) is 10.2. The highest BCUT2D eigenvalue weighted by molar-refractivity contribution is 7.98. The second kappa shape index (κ2) is 10.1. The molecule has 1 N–H and O–H groups in total. The summed E-state index contributed by atoms with van der Waals surface area (Å²) in [6.07, 6.45) is 5.39. The summed E-state index contributed by atoms with van der Waals surface area (Å²) in [5.74, 6) is -3.09. The fourth-order valence-electron chi connectivity index (χ4n) is 5.00. The molecule has 1 saturated carbocycles. The van der Waals surface area contributed by atoms with Crippen molar-refractivity contribution < 1.29 is 33.0 Å². The SMILES string of the molecule is CCC1(C(=O)O)CCC(N2C(=O)N(c3c(F)c(OC)cc(OC)c3F)Cc3cnc(SC)nc32)CC1. The lowest BCUT2D eigenvalue weighted by Gasteiger charge is -2.44. The predicted octanol–water partition coefficient (Wildman–Crippen LogP) is 4.86. The number of halogens is 2. The lowest BCUT2D eigenvalue weighted by molar-refractivity contribution is -0.151. The average Bonchev–Trinajstić information content (AvgIpc) is 2.89. The van der Waals surface area contributed by atoms with Crippen molar-refractivity contribution in [1.82, 2.24) is 9.97 Å². The van der Waals surface area contributed by atoms with Gasteiger partial charge in [0.2, 0.25) is 0 Å². The van der Waals surface area contributed by atoms with Gasteiger partial charge in [0, 0.05) is 23.9 Å². The minimum Gasteiger partial charge on any atom is -0.493 e. The summed E-state index contributed by atoms with van der Waals surface area (Å²) in [4.78, 5) is 37.1. The van der Waals surface area contributed by atoms with Crippen LogP contribution in [0.25, 0.3) is 0 Å². The number of fused-ring (bicyclic) bond motifs is 1. The monoisotopic (exact) mass is 522 g/mol. The van der Waals surface area contributed by atoms with Crippen LogP contribution in [0.3, 0.4) is 0 Å². The molecule has 1 aromatic heterocycles. The molecule has 1 fully saturated rings. The number of carboxylic acids is 1. The van der Waals surface area contributed by atoms with E-state index in [1.54, 1.807) is 12.5 Å². The second-order valence-corrected chi connectivity index (χ2v) is 9.65. The Kier molecular flexibility index (Phi) is 7.26. The molecule has 1 aromatic carbocycles. The van der Waals surface area contributed by atoms with E-state index in [0.717, 1.165) is 11.0 Å². The molecule has 0 bridgehead atoms. The van der Waals surface area contributed by atoms with Crippen molar-refractivity contribution in [1.29, 1.82) is 0 Å². The Bertz CT molecular complexity index is 1160. The van der Waals surface area contributed by atoms with Crippen LogP contribution in [0, 0.1) is 17.0 Å². The third-order valence-corrected chi connectivity index (χ3v) is 7.79. The first-order valence-corrected chi connectivity index (χ1v) is 12.8. The second-order valence-electron chi connectivity index (χ2n) is 8.87. The highest BCUT2D eigenvalue weighted by atomic mass is 32.2. The van der Waals surface area contributed by atoms with Gasteiger partial charge < -0.3 is 14.6 Å². The molecule has 2 aromatic rings. The maximum atomic E-state index is 15.4. The van der Waals surface area contributed by atoms with E-state index in [9.17, 15) is 14.7 Å². The number of urea groups is 1. The number of nitrogens with zero attached hydrogens (tertiary/aromatic N) is 4. The van der Waals surface area contributed by atoms with Gasteiger partial charge in [0.15, 0.2) is 28.3 Å². The maximum absolute atomic E-state index is 15.4. The number of amides is 2. The number of hydrogen-bond acceptors (Lipinski definition) is 7. The van der Waals surface area contributed by atoms with Crippen LogP contribution < -0.4 is 19.3 Å². The molecular formula is C24H28F2N4O5S. The van der Waals surface area contributed by atoms with Gasteiger partial charge in [-0.1, -0.05) is 18.7 Å². The fourth-order valence-corrected chi connectivity index (χ4v) is 5.34. The summed E-state index contributed by atoms with van der Waals surface area (Å²) < 4.78 is 40.9. The molecule has 0 atom stereocenters. The number of carbonyl (C=O) groups is 2. The van der Waals surface area contributed by atoms with E-state index in [4.69, 9.17) is 9.47 Å². The van der Waals surface area contributed by atoms with Crippen molar-refractivity contribution in [3.05, 3.63) is 29.5 Å². The Morgan fingerprint density at radius 3 is 2.33 bits per heavy atom. The van der Waals surface area contributed by atoms with E-state index < -0.39 is 40.8 Å². The molecule has 0 saturated heterocycles. The lowest BCUT2D eigenvalue weighted by Crippen LogP contribution is -2.54. The molecule has 9 nitrogen and oxygen atoms in total. The molecule has 2 heterocycles. The number of ether oxygens (including phenoxy) is 2. The number of aromatic nitrogens is 2. The minimum absolute atomic E-state index is 0.162. The number of aliphatic carboxylic acids is 1. The smallest absolute Gasteiger partial charge is 0.330 e. The van der Waals surface area contributed by atoms with Crippen LogP contribution in [0.2, 0.25) is 0 Å². The maximum Gasteiger partial charge on any atom is 0.330 e. The van der Waals surface area contributed by atoms with Crippen LogP contribution in [-0.2, 0) is 11.3 Å². The van der Waals surface area contributed by atoms with Gasteiger partial charge in [0.25, 0.3) is 0 Å². The highest BCUT2D eigenvalue weighted by Gasteiger charge is 2.46. The van der Waals surface area contributed by atoms with Gasteiger partial charge >= 0.3 is 12.0 Å². The molecule has 2 amide bonds. The number of thioether (sulfide) groups is 1. The number of carbonyl (C=O) groups excluding carboxylic acids is 1. The molecule has 2 aliphatic rings. The summed E-state index contributed by atoms with van der Waals surface area (Å²) in [6, 6.07) is 0.0199. The van der Waals surface area contributed by atoms with Gasteiger partial charge in [-0.25, -0.2) is 23.5 Å². The third kappa shape index (κ3) is 4.21. The number of rotatable bonds is 7. The van der Waals surface area contributed by atoms with Crippen molar-refractivity contribution >= 4 is 35.3 Å². The Labute approximate surface area is 211 Å². The van der Waals surface area contributed by atoms with Crippen molar-refractivity contribution in [2.75, 3.05) is 30.3 Å². The third-order valence-electron chi connectivity index (χ3n) is 7.22. The van der Waals surface area contributed by atoms with E-state index in [-0.39, 0.29) is 18.0 Å². The van der Waals surface area contributed by atoms with Crippen LogP contribution in [0.15, 0.2) is 17.4 Å². The van der Waals surface area contributed by atoms with Gasteiger partial charge in [-0.05, 0) is 38.4 Å². The topological polar surface area (TPSA) is 105 Å². The van der Waals surface area contributed by atoms with E-state index in [1.165, 1.54) is 30.9 Å². The van der Waals surface area contributed by atoms with E-state index in [0.29, 0.717) is 48.6 Å². The Balaban J connectivity index is 1.81. The number of methoxy groups -OCH3 is 2. The Hall–Kier alpha value is -3.15. The van der Waals surface area contributed by atoms with Crippen molar-refractivity contribution in [2.24, 2.45) is 5.41 Å². The fraction of sp³-hybridized carbons (Fsp3) is 0.500. The van der Waals surface area contributed by atoms with Gasteiger partial charge in [0.1, 0.15) is 11.5 Å². The molecule has 4 rings (SSSR count). The molecule has 1 aliphatic heterocycles. The van der Waals surface area contributed by atoms with Crippen LogP contribution in [0.1, 0.15) is 44.6 Å². The Morgan fingerprint density at radius 2 is 1.83 bits per heavy atom. The van der Waals surface area contributed by atoms with Crippen molar-refractivity contribution in [3.8, 4) is 11.5 Å². The minimum atomic E-state index is -1.03. The van der Waals surface area contributed by atoms with Gasteiger partial charge in [-0.15, -0.1) is 0 Å². The van der Waals surface area contributed by atoms with Gasteiger partial charge in [-0.2, -0.15) is 0 Å². The first-order valence-electron chi connectivity index (χ1n) is 11.5. The molecule has 12 heteroatoms. The molecule has 1 aliphatic carbocycles. The summed E-state index contributed by atoms with van der Waals surface area (Å²) in [7, 11) is 2.48. The first kappa shape index (κ1) is 25.9. The lowest BCUT2D eigenvalue weighted by atomic mass is 9.70. The van der Waals surface area contributed by atoms with Crippen LogP contribution >= 0.6 is 11.8 Å². The van der Waals surface area contributed by atoms with Crippen LogP contribution in [0.4, 0.5) is 25.1 Å². The number of anilines is 2. The number of benzene rings is 1. The molecule has 194 valence electrons. The standard InChI is InChI=1S/C24H28F2N4O5S/c1-5-24(21(31)32)8-6-14(7-9-24)30-20-13(11-27-22(28-20)36-4)12-29(23(30)33)19-17(25)15(34-2)10-16(35-3)18(19)26/h10-11,14H,5-9,12H2,1-4H3,(H,31,32). The van der Waals surface area contributed by atoms with Gasteiger partial charge in [-0.3, -0.25) is 14.6 Å². The Morgan fingerprint density at radius 1 is 1.22 bits per heavy atom. The number of hydrogen-bond donors (Lipinski definition) is 1. The van der Waals surface area contributed by atoms with Gasteiger partial charge in [0.05, 0.1) is 26.2 Å². The first-order chi connectivity index (χ1) is 17.2. The summed E-state index contributed by atoms with van der Waals surface area (Å²) in [5.41, 5.74) is -0.935. The zero-order chi connectivity index (χ0) is 26.2. The molecule has 0 spiro atoms. The quantitative estimate of drug-likeness (QED) is 0.406. The van der Waals surface area contributed by atoms with Crippen molar-refractivity contribution in [3.63, 3.8) is 0 Å². The molecule has 36 heavy (non-hydrogen) atoms. The molecular weight excluding hydrogens is 494 g/mol. The summed E-state index contributed by atoms with van der Waals surface area (Å²) >= 11 is 1.31. The van der Waals surface area contributed by atoms with Crippen molar-refractivity contribution in [2.45, 2.75) is 56.8 Å².